The first-order chi connectivity index (χ1) is 15.0. The topological polar surface area (TPSA) is 109 Å². The highest BCUT2D eigenvalue weighted by Gasteiger charge is 2.26. The van der Waals surface area contributed by atoms with Gasteiger partial charge in [-0.25, -0.2) is 0 Å². The number of epoxide rings is 2. The first-order valence-corrected chi connectivity index (χ1v) is 9.76. The van der Waals surface area contributed by atoms with Crippen molar-refractivity contribution >= 4 is 11.6 Å². The van der Waals surface area contributed by atoms with Crippen molar-refractivity contribution in [3.8, 4) is 11.5 Å². The summed E-state index contributed by atoms with van der Waals surface area (Å²) in [5.74, 6) is 0.402. The molecule has 2 unspecified atom stereocenters. The molecule has 2 heterocycles. The molecule has 0 bridgehead atoms. The van der Waals surface area contributed by atoms with E-state index in [4.69, 9.17) is 24.4 Å². The van der Waals surface area contributed by atoms with Gasteiger partial charge < -0.3 is 24.4 Å². The Labute approximate surface area is 181 Å². The van der Waals surface area contributed by atoms with Crippen LogP contribution in [0.4, 0.5) is 0 Å². The molecule has 7 nitrogen and oxygen atoms in total. The number of aromatic hydroxyl groups is 2. The number of ketones is 2. The molecule has 2 aromatic rings. The number of benzene rings is 2. The summed E-state index contributed by atoms with van der Waals surface area (Å²) >= 11 is 0. The maximum atomic E-state index is 10.3. The van der Waals surface area contributed by atoms with E-state index in [1.54, 1.807) is 48.5 Å². The quantitative estimate of drug-likeness (QED) is 0.572. The van der Waals surface area contributed by atoms with Crippen LogP contribution >= 0.6 is 0 Å². The van der Waals surface area contributed by atoms with Crippen molar-refractivity contribution in [3.63, 3.8) is 0 Å². The van der Waals surface area contributed by atoms with Crippen molar-refractivity contribution in [1.82, 2.24) is 0 Å². The number of carbonyl (C=O) groups is 2. The molecule has 31 heavy (non-hydrogen) atoms. The van der Waals surface area contributed by atoms with Crippen molar-refractivity contribution < 1.29 is 34.0 Å². The van der Waals surface area contributed by atoms with Gasteiger partial charge in [-0.15, -0.1) is 0 Å². The summed E-state index contributed by atoms with van der Waals surface area (Å²) in [7, 11) is 0. The van der Waals surface area contributed by atoms with Gasteiger partial charge in [0.1, 0.15) is 23.7 Å². The highest BCUT2D eigenvalue weighted by Crippen LogP contribution is 2.12. The summed E-state index contributed by atoms with van der Waals surface area (Å²) in [6.45, 7) is 3.26. The van der Waals surface area contributed by atoms with E-state index in [1.165, 1.54) is 24.3 Å². The number of hydrogen-bond acceptors (Lipinski definition) is 7. The van der Waals surface area contributed by atoms with Crippen molar-refractivity contribution in [2.24, 2.45) is 0 Å². The molecule has 1 aliphatic carbocycles. The maximum absolute atomic E-state index is 10.3. The molecule has 2 N–H and O–H groups in total. The van der Waals surface area contributed by atoms with Crippen LogP contribution in [0.3, 0.4) is 0 Å². The lowest BCUT2D eigenvalue weighted by atomic mass is 10.2. The SMILES string of the molecule is C(OCC1CO1)C1CO1.O=C1C=CC(=O)C=C1.Oc1ccccc1.Oc1ccccc1. The Balaban J connectivity index is 0.000000148. The van der Waals surface area contributed by atoms with E-state index in [1.807, 2.05) is 12.1 Å². The summed E-state index contributed by atoms with van der Waals surface area (Å²) in [5.41, 5.74) is 0. The van der Waals surface area contributed by atoms with Gasteiger partial charge >= 0.3 is 0 Å². The minimum Gasteiger partial charge on any atom is -0.508 e. The second kappa shape index (κ2) is 13.9. The average Bonchev–Trinajstić information content (AvgIpc) is 3.69. The molecule has 3 aliphatic rings. The van der Waals surface area contributed by atoms with Crippen molar-refractivity contribution in [2.75, 3.05) is 26.4 Å². The Hall–Kier alpha value is -3.26. The summed E-state index contributed by atoms with van der Waals surface area (Å²) in [6.07, 6.45) is 5.79. The zero-order valence-corrected chi connectivity index (χ0v) is 17.0. The lowest BCUT2D eigenvalue weighted by Crippen LogP contribution is -2.06. The molecule has 2 saturated heterocycles. The number of ether oxygens (including phenoxy) is 3. The van der Waals surface area contributed by atoms with Crippen LogP contribution in [0.2, 0.25) is 0 Å². The third kappa shape index (κ3) is 13.6. The number of allylic oxidation sites excluding steroid dienone is 4. The van der Waals surface area contributed by atoms with Crippen LogP contribution in [0, 0.1) is 0 Å². The highest BCUT2D eigenvalue weighted by molar-refractivity contribution is 6.14. The molecule has 164 valence electrons. The zero-order chi connectivity index (χ0) is 22.3. The van der Waals surface area contributed by atoms with Crippen LogP contribution in [0.1, 0.15) is 0 Å². The standard InChI is InChI=1S/C6H10O3.C6H4O2.2C6H6O/c1(5-3-8-5)7-2-6-4-9-6;7-5-1-2-6(8)4-3-5;2*7-6-4-2-1-3-5-6/h5-6H,1-4H2;1-4H;2*1-5,7H. The molecule has 0 spiro atoms. The third-order valence-corrected chi connectivity index (χ3v) is 3.75. The predicted molar refractivity (Wildman–Crippen MR) is 115 cm³/mol. The number of phenols is 2. The van der Waals surface area contributed by atoms with E-state index in [-0.39, 0.29) is 11.6 Å². The fraction of sp³-hybridized carbons (Fsp3) is 0.250. The van der Waals surface area contributed by atoms with Crippen LogP contribution in [-0.2, 0) is 23.8 Å². The molecule has 2 aliphatic heterocycles. The minimum absolute atomic E-state index is 0.121. The average molecular weight is 426 g/mol. The molecule has 2 atom stereocenters. The Morgan fingerprint density at radius 2 is 1.00 bits per heavy atom. The van der Waals surface area contributed by atoms with E-state index < -0.39 is 0 Å². The first kappa shape index (κ1) is 24.0. The third-order valence-electron chi connectivity index (χ3n) is 3.75. The summed E-state index contributed by atoms with van der Waals surface area (Å²) < 4.78 is 15.1. The van der Waals surface area contributed by atoms with Crippen molar-refractivity contribution in [2.45, 2.75) is 12.2 Å². The van der Waals surface area contributed by atoms with Crippen LogP contribution in [0.5, 0.6) is 11.5 Å². The molecular formula is C24H26O7. The van der Waals surface area contributed by atoms with Gasteiger partial charge in [-0.1, -0.05) is 36.4 Å². The fourth-order valence-electron chi connectivity index (χ4n) is 1.96. The van der Waals surface area contributed by atoms with Gasteiger partial charge in [0.05, 0.1) is 26.4 Å². The summed E-state index contributed by atoms with van der Waals surface area (Å²) in [5, 5.41) is 17.3. The summed E-state index contributed by atoms with van der Waals surface area (Å²) in [4.78, 5) is 20.6. The minimum atomic E-state index is -0.121. The molecule has 0 saturated carbocycles. The van der Waals surface area contributed by atoms with Gasteiger partial charge in [0.25, 0.3) is 0 Å². The molecule has 5 rings (SSSR count). The second-order valence-corrected chi connectivity index (χ2v) is 6.59. The largest absolute Gasteiger partial charge is 0.508 e. The van der Waals surface area contributed by atoms with Gasteiger partial charge in [-0.2, -0.15) is 0 Å². The Morgan fingerprint density at radius 3 is 1.23 bits per heavy atom. The number of phenolic OH excluding ortho intramolecular Hbond substituents is 2. The van der Waals surface area contributed by atoms with Gasteiger partial charge in [0.15, 0.2) is 11.6 Å². The van der Waals surface area contributed by atoms with Crippen LogP contribution in [-0.4, -0.2) is 60.4 Å². The molecule has 2 aromatic carbocycles. The lowest BCUT2D eigenvalue weighted by molar-refractivity contribution is -0.113. The number of para-hydroxylation sites is 2. The predicted octanol–water partition coefficient (Wildman–Crippen LogP) is 2.84. The van der Waals surface area contributed by atoms with E-state index in [0.717, 1.165) is 26.4 Å². The van der Waals surface area contributed by atoms with E-state index in [9.17, 15) is 9.59 Å². The van der Waals surface area contributed by atoms with E-state index >= 15 is 0 Å². The van der Waals surface area contributed by atoms with Gasteiger partial charge in [-0.05, 0) is 48.6 Å². The fourth-order valence-corrected chi connectivity index (χ4v) is 1.96. The maximum Gasteiger partial charge on any atom is 0.178 e. The smallest absolute Gasteiger partial charge is 0.178 e. The molecule has 2 fully saturated rings. The van der Waals surface area contributed by atoms with Crippen molar-refractivity contribution in [1.29, 1.82) is 0 Å². The monoisotopic (exact) mass is 426 g/mol. The number of hydrogen-bond donors (Lipinski definition) is 2. The van der Waals surface area contributed by atoms with Gasteiger partial charge in [0.2, 0.25) is 0 Å². The number of rotatable bonds is 4. The van der Waals surface area contributed by atoms with Crippen LogP contribution in [0.15, 0.2) is 85.0 Å². The molecule has 0 amide bonds. The molecular weight excluding hydrogens is 400 g/mol. The second-order valence-electron chi connectivity index (χ2n) is 6.59. The number of carbonyl (C=O) groups excluding carboxylic acids is 2. The van der Waals surface area contributed by atoms with Crippen molar-refractivity contribution in [3.05, 3.63) is 85.0 Å². The van der Waals surface area contributed by atoms with Crippen LogP contribution < -0.4 is 0 Å². The van der Waals surface area contributed by atoms with Crippen LogP contribution in [0.25, 0.3) is 0 Å². The first-order valence-electron chi connectivity index (χ1n) is 9.76. The molecule has 7 heteroatoms. The molecule has 0 radical (unpaired) electrons. The van der Waals surface area contributed by atoms with E-state index in [0.29, 0.717) is 23.7 Å². The highest BCUT2D eigenvalue weighted by atomic mass is 16.6. The Bertz CT molecular complexity index is 751. The van der Waals surface area contributed by atoms with Gasteiger partial charge in [-0.3, -0.25) is 9.59 Å². The Kier molecular flexibility index (Phi) is 10.7. The zero-order valence-electron chi connectivity index (χ0n) is 17.0. The van der Waals surface area contributed by atoms with E-state index in [2.05, 4.69) is 0 Å². The Morgan fingerprint density at radius 1 is 0.677 bits per heavy atom. The lowest BCUT2D eigenvalue weighted by Gasteiger charge is -1.95. The summed E-state index contributed by atoms with van der Waals surface area (Å²) in [6, 6.07) is 17.4. The normalized spacial score (nSPS) is 19.6. The van der Waals surface area contributed by atoms with Gasteiger partial charge in [0, 0.05) is 0 Å². The molecule has 0 aromatic heterocycles.